The number of carbonyl (C=O) groups excluding carboxylic acids is 1. The van der Waals surface area contributed by atoms with Crippen molar-refractivity contribution in [3.8, 4) is 0 Å². The minimum absolute atomic E-state index is 0.247. The first-order valence-electron chi connectivity index (χ1n) is 8.18. The van der Waals surface area contributed by atoms with E-state index in [0.717, 1.165) is 4.47 Å². The summed E-state index contributed by atoms with van der Waals surface area (Å²) < 4.78 is 33.6. The van der Waals surface area contributed by atoms with Crippen molar-refractivity contribution in [2.75, 3.05) is 19.6 Å². The van der Waals surface area contributed by atoms with E-state index in [1.165, 1.54) is 4.31 Å². The molecule has 1 amide bonds. The monoisotopic (exact) mass is 432 g/mol. The molecule has 1 aromatic rings. The molecule has 1 atom stereocenters. The summed E-state index contributed by atoms with van der Waals surface area (Å²) in [5, 5.41) is 0. The van der Waals surface area contributed by atoms with E-state index in [1.54, 1.807) is 30.0 Å². The third kappa shape index (κ3) is 4.74. The number of piperazine rings is 1. The molecular weight excluding hydrogens is 408 g/mol. The van der Waals surface area contributed by atoms with Crippen LogP contribution in [-0.4, -0.2) is 55.0 Å². The molecule has 1 fully saturated rings. The summed E-state index contributed by atoms with van der Waals surface area (Å²) in [5.74, 6) is 0. The summed E-state index contributed by atoms with van der Waals surface area (Å²) in [7, 11) is -3.59. The summed E-state index contributed by atoms with van der Waals surface area (Å²) in [6, 6.07) is 4.86. The fourth-order valence-electron chi connectivity index (χ4n) is 2.78. The molecule has 0 aliphatic carbocycles. The Morgan fingerprint density at radius 1 is 1.28 bits per heavy atom. The Balaban J connectivity index is 2.15. The zero-order valence-corrected chi connectivity index (χ0v) is 17.6. The number of carbonyl (C=O) groups is 1. The highest BCUT2D eigenvalue weighted by Gasteiger charge is 2.36. The number of nitrogens with zero attached hydrogens (tertiary/aromatic N) is 2. The number of halogens is 1. The number of hydrogen-bond donors (Lipinski definition) is 0. The van der Waals surface area contributed by atoms with Gasteiger partial charge in [-0.1, -0.05) is 15.9 Å². The largest absolute Gasteiger partial charge is 0.444 e. The molecule has 1 heterocycles. The van der Waals surface area contributed by atoms with Gasteiger partial charge in [-0.15, -0.1) is 0 Å². The van der Waals surface area contributed by atoms with Gasteiger partial charge in [0.05, 0.1) is 4.90 Å². The van der Waals surface area contributed by atoms with Crippen LogP contribution in [0.1, 0.15) is 33.3 Å². The molecule has 140 valence electrons. The van der Waals surface area contributed by atoms with Crippen LogP contribution in [0.4, 0.5) is 4.79 Å². The first-order chi connectivity index (χ1) is 11.4. The second-order valence-electron chi connectivity index (χ2n) is 7.30. The molecule has 1 aliphatic rings. The van der Waals surface area contributed by atoms with Crippen molar-refractivity contribution >= 4 is 32.0 Å². The van der Waals surface area contributed by atoms with Crippen molar-refractivity contribution in [3.05, 3.63) is 28.2 Å². The Labute approximate surface area is 158 Å². The maximum atomic E-state index is 12.9. The maximum Gasteiger partial charge on any atom is 0.410 e. The van der Waals surface area contributed by atoms with Crippen molar-refractivity contribution < 1.29 is 17.9 Å². The molecule has 0 aromatic heterocycles. The van der Waals surface area contributed by atoms with Crippen molar-refractivity contribution in [2.45, 2.75) is 51.2 Å². The Morgan fingerprint density at radius 3 is 2.44 bits per heavy atom. The van der Waals surface area contributed by atoms with Crippen molar-refractivity contribution in [1.82, 2.24) is 9.21 Å². The second kappa shape index (κ2) is 7.25. The van der Waals surface area contributed by atoms with Gasteiger partial charge in [-0.3, -0.25) is 0 Å². The van der Waals surface area contributed by atoms with Gasteiger partial charge in [0.1, 0.15) is 5.60 Å². The average Bonchev–Trinajstić information content (AvgIpc) is 2.44. The predicted octanol–water partition coefficient (Wildman–Crippen LogP) is 3.39. The Morgan fingerprint density at radius 2 is 1.92 bits per heavy atom. The number of sulfonamides is 1. The molecule has 6 nitrogen and oxygen atoms in total. The quantitative estimate of drug-likeness (QED) is 0.717. The van der Waals surface area contributed by atoms with E-state index >= 15 is 0 Å². The van der Waals surface area contributed by atoms with Crippen LogP contribution in [0.25, 0.3) is 0 Å². The number of benzene rings is 1. The summed E-state index contributed by atoms with van der Waals surface area (Å²) in [4.78, 5) is 14.2. The molecule has 0 unspecified atom stereocenters. The van der Waals surface area contributed by atoms with Crippen LogP contribution in [0.2, 0.25) is 0 Å². The molecular formula is C17H25BrN2O4S. The van der Waals surface area contributed by atoms with E-state index in [2.05, 4.69) is 15.9 Å². The Bertz CT molecular complexity index is 758. The lowest BCUT2D eigenvalue weighted by molar-refractivity contribution is 0.00858. The van der Waals surface area contributed by atoms with Gasteiger partial charge in [0.15, 0.2) is 0 Å². The zero-order chi connectivity index (χ0) is 19.0. The Hall–Kier alpha value is -1.12. The molecule has 2 rings (SSSR count). The standard InChI is InChI=1S/C17H25BrN2O4S/c1-12-10-14(18)6-7-15(12)25(22,23)19-8-9-20(13(2)11-19)16(21)24-17(3,4)5/h6-7,10,13H,8-9,11H2,1-5H3/t13-/m1/s1. The number of ether oxygens (including phenoxy) is 1. The molecule has 0 bridgehead atoms. The lowest BCUT2D eigenvalue weighted by Gasteiger charge is -2.39. The molecule has 1 aliphatic heterocycles. The SMILES string of the molecule is Cc1cc(Br)ccc1S(=O)(=O)N1CCN(C(=O)OC(C)(C)C)[C@H](C)C1. The summed E-state index contributed by atoms with van der Waals surface area (Å²) >= 11 is 3.35. The van der Waals surface area contributed by atoms with E-state index in [4.69, 9.17) is 4.74 Å². The van der Waals surface area contributed by atoms with Crippen molar-refractivity contribution in [3.63, 3.8) is 0 Å². The van der Waals surface area contributed by atoms with Crippen LogP contribution in [0.3, 0.4) is 0 Å². The maximum absolute atomic E-state index is 12.9. The number of amides is 1. The van der Waals surface area contributed by atoms with Gasteiger partial charge in [-0.25, -0.2) is 13.2 Å². The smallest absolute Gasteiger partial charge is 0.410 e. The van der Waals surface area contributed by atoms with Crippen LogP contribution in [0.15, 0.2) is 27.6 Å². The average molecular weight is 433 g/mol. The van der Waals surface area contributed by atoms with Gasteiger partial charge in [-0.2, -0.15) is 4.31 Å². The summed E-state index contributed by atoms with van der Waals surface area (Å²) in [5.41, 5.74) is 0.116. The number of rotatable bonds is 2. The molecule has 1 aromatic carbocycles. The lowest BCUT2D eigenvalue weighted by Crippen LogP contribution is -2.56. The first-order valence-corrected chi connectivity index (χ1v) is 10.4. The van der Waals surface area contributed by atoms with Crippen molar-refractivity contribution in [2.24, 2.45) is 0 Å². The van der Waals surface area contributed by atoms with E-state index in [1.807, 2.05) is 27.7 Å². The second-order valence-corrected chi connectivity index (χ2v) is 10.1. The van der Waals surface area contributed by atoms with Gasteiger partial charge in [-0.05, 0) is 58.4 Å². The molecule has 8 heteroatoms. The van der Waals surface area contributed by atoms with Gasteiger partial charge in [0, 0.05) is 30.1 Å². The molecule has 0 radical (unpaired) electrons. The predicted molar refractivity (Wildman–Crippen MR) is 100 cm³/mol. The van der Waals surface area contributed by atoms with E-state index in [9.17, 15) is 13.2 Å². The van der Waals surface area contributed by atoms with Gasteiger partial charge in [0.25, 0.3) is 0 Å². The highest BCUT2D eigenvalue weighted by molar-refractivity contribution is 9.10. The molecule has 1 saturated heterocycles. The summed E-state index contributed by atoms with van der Waals surface area (Å²) in [6.45, 7) is 9.85. The molecule has 25 heavy (non-hydrogen) atoms. The van der Waals surface area contributed by atoms with E-state index in [0.29, 0.717) is 17.0 Å². The van der Waals surface area contributed by atoms with Crippen molar-refractivity contribution in [1.29, 1.82) is 0 Å². The minimum atomic E-state index is -3.59. The fraction of sp³-hybridized carbons (Fsp3) is 0.588. The summed E-state index contributed by atoms with van der Waals surface area (Å²) in [6.07, 6.45) is -0.406. The highest BCUT2D eigenvalue weighted by Crippen LogP contribution is 2.25. The van der Waals surface area contributed by atoms with Gasteiger partial charge >= 0.3 is 6.09 Å². The van der Waals surface area contributed by atoms with Crippen LogP contribution >= 0.6 is 15.9 Å². The minimum Gasteiger partial charge on any atom is -0.444 e. The zero-order valence-electron chi connectivity index (χ0n) is 15.2. The molecule has 0 spiro atoms. The van der Waals surface area contributed by atoms with Crippen LogP contribution in [0, 0.1) is 6.92 Å². The number of aryl methyl sites for hydroxylation is 1. The Kier molecular flexibility index (Phi) is 5.85. The van der Waals surface area contributed by atoms with Crippen LogP contribution in [-0.2, 0) is 14.8 Å². The lowest BCUT2D eigenvalue weighted by atomic mass is 10.2. The van der Waals surface area contributed by atoms with Gasteiger partial charge in [0.2, 0.25) is 10.0 Å². The third-order valence-corrected chi connectivity index (χ3v) is 6.49. The third-order valence-electron chi connectivity index (χ3n) is 3.97. The van der Waals surface area contributed by atoms with Crippen LogP contribution < -0.4 is 0 Å². The highest BCUT2D eigenvalue weighted by atomic mass is 79.9. The first kappa shape index (κ1) is 20.2. The molecule has 0 N–H and O–H groups in total. The topological polar surface area (TPSA) is 66.9 Å². The fourth-order valence-corrected chi connectivity index (χ4v) is 4.97. The normalized spacial score (nSPS) is 19.8. The van der Waals surface area contributed by atoms with Crippen LogP contribution in [0.5, 0.6) is 0 Å². The molecule has 0 saturated carbocycles. The van der Waals surface area contributed by atoms with Gasteiger partial charge < -0.3 is 9.64 Å². The van der Waals surface area contributed by atoms with E-state index in [-0.39, 0.29) is 19.1 Å². The van der Waals surface area contributed by atoms with E-state index < -0.39 is 21.7 Å². The number of hydrogen-bond acceptors (Lipinski definition) is 4.